The van der Waals surface area contributed by atoms with Crippen LogP contribution < -0.4 is 10.1 Å². The number of carbonyl (C=O) groups is 2. The highest BCUT2D eigenvalue weighted by Crippen LogP contribution is 2.27. The summed E-state index contributed by atoms with van der Waals surface area (Å²) in [4.78, 5) is 36.6. The van der Waals surface area contributed by atoms with E-state index in [9.17, 15) is 24.8 Å². The number of hydrogen-bond donors (Lipinski definition) is 2. The van der Waals surface area contributed by atoms with E-state index in [4.69, 9.17) is 9.47 Å². The lowest BCUT2D eigenvalue weighted by Gasteiger charge is -2.26. The Morgan fingerprint density at radius 3 is 2.38 bits per heavy atom. The molecule has 3 rings (SSSR count). The molecule has 10 nitrogen and oxygen atoms in total. The molecule has 0 aromatic heterocycles. The lowest BCUT2D eigenvalue weighted by Crippen LogP contribution is -2.38. The van der Waals surface area contributed by atoms with Gasteiger partial charge in [0.1, 0.15) is 12.4 Å². The maximum absolute atomic E-state index is 13.1. The molecule has 10 heteroatoms. The third kappa shape index (κ3) is 10.2. The van der Waals surface area contributed by atoms with Crippen molar-refractivity contribution in [3.63, 3.8) is 0 Å². The second kappa shape index (κ2) is 15.7. The second-order valence-electron chi connectivity index (χ2n) is 9.85. The summed E-state index contributed by atoms with van der Waals surface area (Å²) < 4.78 is 11.2. The summed E-state index contributed by atoms with van der Waals surface area (Å²) in [6.07, 6.45) is 7.75. The summed E-state index contributed by atoms with van der Waals surface area (Å²) in [5.41, 5.74) is 1.29. The SMILES string of the molecule is CCOC(Cc1ccc(OCCN(CCCC2CCCCC2)C(=O)Nc2ccc([N+](=O)[O-])cc2)cc1)C(=O)O. The number of carboxylic acids is 1. The number of anilines is 1. The van der Waals surface area contributed by atoms with Crippen LogP contribution in [0.1, 0.15) is 57.4 Å². The molecule has 2 aromatic rings. The zero-order chi connectivity index (χ0) is 28.0. The van der Waals surface area contributed by atoms with Gasteiger partial charge in [-0.1, -0.05) is 44.2 Å². The Labute approximate surface area is 229 Å². The van der Waals surface area contributed by atoms with Gasteiger partial charge in [0.2, 0.25) is 0 Å². The van der Waals surface area contributed by atoms with Gasteiger partial charge in [-0.05, 0) is 55.5 Å². The maximum atomic E-state index is 13.1. The number of ether oxygens (including phenoxy) is 2. The van der Waals surface area contributed by atoms with Crippen molar-refractivity contribution in [1.29, 1.82) is 0 Å². The number of aliphatic carboxylic acids is 1. The summed E-state index contributed by atoms with van der Waals surface area (Å²) in [5.74, 6) is 0.351. The number of nitro benzene ring substituents is 1. The molecule has 0 radical (unpaired) electrons. The third-order valence-corrected chi connectivity index (χ3v) is 7.00. The smallest absolute Gasteiger partial charge is 0.333 e. The zero-order valence-corrected chi connectivity index (χ0v) is 22.5. The number of carbonyl (C=O) groups excluding carboxylic acids is 1. The van der Waals surface area contributed by atoms with Crippen molar-refractivity contribution in [2.75, 3.05) is 31.6 Å². The Morgan fingerprint density at radius 2 is 1.77 bits per heavy atom. The highest BCUT2D eigenvalue weighted by molar-refractivity contribution is 5.89. The van der Waals surface area contributed by atoms with Crippen LogP contribution in [0.4, 0.5) is 16.2 Å². The van der Waals surface area contributed by atoms with Crippen molar-refractivity contribution in [1.82, 2.24) is 4.90 Å². The van der Waals surface area contributed by atoms with Gasteiger partial charge in [-0.25, -0.2) is 9.59 Å². The molecule has 1 saturated carbocycles. The van der Waals surface area contributed by atoms with Crippen LogP contribution in [0.5, 0.6) is 5.75 Å². The molecule has 1 unspecified atom stereocenters. The molecule has 2 amide bonds. The van der Waals surface area contributed by atoms with Crippen LogP contribution in [0.2, 0.25) is 0 Å². The number of non-ortho nitro benzene ring substituents is 1. The highest BCUT2D eigenvalue weighted by atomic mass is 16.6. The van der Waals surface area contributed by atoms with E-state index in [2.05, 4.69) is 5.32 Å². The minimum absolute atomic E-state index is 0.0341. The molecule has 0 heterocycles. The number of carboxylic acid groups (broad SMARTS) is 1. The number of benzene rings is 2. The fourth-order valence-electron chi connectivity index (χ4n) is 4.86. The van der Waals surface area contributed by atoms with Gasteiger partial charge < -0.3 is 24.8 Å². The quantitative estimate of drug-likeness (QED) is 0.212. The van der Waals surface area contributed by atoms with E-state index < -0.39 is 17.0 Å². The first-order valence-electron chi connectivity index (χ1n) is 13.7. The number of nitrogens with one attached hydrogen (secondary N) is 1. The number of hydrogen-bond acceptors (Lipinski definition) is 6. The molecule has 0 bridgehead atoms. The van der Waals surface area contributed by atoms with E-state index in [1.165, 1.54) is 56.4 Å². The fraction of sp³-hybridized carbons (Fsp3) is 0.517. The van der Waals surface area contributed by atoms with E-state index in [-0.39, 0.29) is 24.7 Å². The number of rotatable bonds is 15. The van der Waals surface area contributed by atoms with Crippen molar-refractivity contribution in [2.45, 2.75) is 64.4 Å². The predicted molar refractivity (Wildman–Crippen MR) is 148 cm³/mol. The van der Waals surface area contributed by atoms with Crippen LogP contribution in [0.25, 0.3) is 0 Å². The number of nitrogens with zero attached hydrogens (tertiary/aromatic N) is 2. The highest BCUT2D eigenvalue weighted by Gasteiger charge is 2.19. The van der Waals surface area contributed by atoms with Crippen LogP contribution in [-0.4, -0.2) is 59.3 Å². The molecule has 1 atom stereocenters. The topological polar surface area (TPSA) is 131 Å². The largest absolute Gasteiger partial charge is 0.492 e. The molecular formula is C29H39N3O7. The van der Waals surface area contributed by atoms with Crippen molar-refractivity contribution in [3.05, 3.63) is 64.2 Å². The molecule has 1 fully saturated rings. The Balaban J connectivity index is 1.54. The average molecular weight is 542 g/mol. The maximum Gasteiger partial charge on any atom is 0.333 e. The lowest BCUT2D eigenvalue weighted by molar-refractivity contribution is -0.384. The van der Waals surface area contributed by atoms with Crippen LogP contribution >= 0.6 is 0 Å². The van der Waals surface area contributed by atoms with E-state index in [0.29, 0.717) is 31.1 Å². The first kappa shape index (κ1) is 29.9. The molecule has 2 N–H and O–H groups in total. The van der Waals surface area contributed by atoms with E-state index in [1.807, 2.05) is 12.1 Å². The van der Waals surface area contributed by atoms with Gasteiger partial charge in [0, 0.05) is 37.4 Å². The van der Waals surface area contributed by atoms with Gasteiger partial charge in [-0.3, -0.25) is 10.1 Å². The molecule has 2 aromatic carbocycles. The van der Waals surface area contributed by atoms with E-state index >= 15 is 0 Å². The summed E-state index contributed by atoms with van der Waals surface area (Å²) in [5, 5.41) is 23.0. The van der Waals surface area contributed by atoms with E-state index in [0.717, 1.165) is 24.3 Å². The molecule has 212 valence electrons. The van der Waals surface area contributed by atoms with Gasteiger partial charge >= 0.3 is 12.0 Å². The number of amides is 2. The Hall–Kier alpha value is -3.66. The van der Waals surface area contributed by atoms with Crippen molar-refractivity contribution >= 4 is 23.4 Å². The fourth-order valence-corrected chi connectivity index (χ4v) is 4.86. The number of urea groups is 1. The minimum atomic E-state index is -0.993. The summed E-state index contributed by atoms with van der Waals surface area (Å²) in [6.45, 7) is 3.33. The molecular weight excluding hydrogens is 502 g/mol. The standard InChI is InChI=1S/C29H39N3O7/c1-2-38-27(28(33)34)21-23-10-16-26(17-11-23)39-20-19-31(18-6-9-22-7-4-3-5-8-22)29(35)30-24-12-14-25(15-13-24)32(36)37/h10-17,22,27H,2-9,18-21H2,1H3,(H,30,35)(H,33,34). The molecule has 0 saturated heterocycles. The van der Waals surface area contributed by atoms with E-state index in [1.54, 1.807) is 24.0 Å². The summed E-state index contributed by atoms with van der Waals surface area (Å²) >= 11 is 0. The summed E-state index contributed by atoms with van der Waals surface area (Å²) in [6, 6.07) is 12.7. The first-order valence-corrected chi connectivity index (χ1v) is 13.7. The summed E-state index contributed by atoms with van der Waals surface area (Å²) in [7, 11) is 0. The van der Waals surface area contributed by atoms with Gasteiger partial charge in [-0.2, -0.15) is 0 Å². The Kier molecular flexibility index (Phi) is 12.0. The molecule has 0 spiro atoms. The molecule has 39 heavy (non-hydrogen) atoms. The molecule has 0 aliphatic heterocycles. The van der Waals surface area contributed by atoms with Gasteiger partial charge in [0.05, 0.1) is 11.5 Å². The monoisotopic (exact) mass is 541 g/mol. The van der Waals surface area contributed by atoms with Gasteiger partial charge in [0.15, 0.2) is 6.10 Å². The molecule has 1 aliphatic carbocycles. The van der Waals surface area contributed by atoms with Crippen LogP contribution in [0.3, 0.4) is 0 Å². The third-order valence-electron chi connectivity index (χ3n) is 7.00. The van der Waals surface area contributed by atoms with Crippen molar-refractivity contribution in [3.8, 4) is 5.75 Å². The van der Waals surface area contributed by atoms with Crippen LogP contribution in [0, 0.1) is 16.0 Å². The van der Waals surface area contributed by atoms with Crippen molar-refractivity contribution < 1.29 is 29.1 Å². The normalized spacial score (nSPS) is 14.4. The number of nitro groups is 1. The minimum Gasteiger partial charge on any atom is -0.492 e. The average Bonchev–Trinajstić information content (AvgIpc) is 2.93. The van der Waals surface area contributed by atoms with Crippen LogP contribution in [0.15, 0.2) is 48.5 Å². The second-order valence-corrected chi connectivity index (χ2v) is 9.85. The first-order chi connectivity index (χ1) is 18.9. The van der Waals surface area contributed by atoms with Crippen LogP contribution in [-0.2, 0) is 16.0 Å². The lowest BCUT2D eigenvalue weighted by atomic mass is 9.86. The zero-order valence-electron chi connectivity index (χ0n) is 22.5. The van der Waals surface area contributed by atoms with Gasteiger partial charge in [-0.15, -0.1) is 0 Å². The Bertz CT molecular complexity index is 1050. The van der Waals surface area contributed by atoms with Crippen molar-refractivity contribution in [2.24, 2.45) is 5.92 Å². The molecule has 1 aliphatic rings. The Morgan fingerprint density at radius 1 is 1.08 bits per heavy atom. The predicted octanol–water partition coefficient (Wildman–Crippen LogP) is 5.90. The van der Waals surface area contributed by atoms with Gasteiger partial charge in [0.25, 0.3) is 5.69 Å².